The second kappa shape index (κ2) is 8.22. The quantitative estimate of drug-likeness (QED) is 0.525. The van der Waals surface area contributed by atoms with E-state index in [2.05, 4.69) is 20.9 Å². The normalized spacial score (nSPS) is 13.7. The number of halogens is 1. The fourth-order valence-electron chi connectivity index (χ4n) is 3.03. The lowest BCUT2D eigenvalue weighted by atomic mass is 9.95. The van der Waals surface area contributed by atoms with Gasteiger partial charge in [-0.05, 0) is 50.3 Å². The van der Waals surface area contributed by atoms with Crippen LogP contribution in [0.3, 0.4) is 0 Å². The van der Waals surface area contributed by atoms with Crippen molar-refractivity contribution >= 4 is 44.5 Å². The summed E-state index contributed by atoms with van der Waals surface area (Å²) in [7, 11) is 1.49. The number of nitrogens with zero attached hydrogens (tertiary/aromatic N) is 1. The number of carbonyl (C=O) groups excluding carboxylic acids is 1. The molecule has 0 unspecified atom stereocenters. The van der Waals surface area contributed by atoms with Crippen molar-refractivity contribution in [3.05, 3.63) is 38.2 Å². The van der Waals surface area contributed by atoms with Crippen LogP contribution in [-0.4, -0.2) is 31.0 Å². The third-order valence-electron chi connectivity index (χ3n) is 4.24. The van der Waals surface area contributed by atoms with Gasteiger partial charge in [0.15, 0.2) is 11.5 Å². The van der Waals surface area contributed by atoms with E-state index in [1.807, 2.05) is 0 Å². The first kappa shape index (κ1) is 18.9. The first-order valence-corrected chi connectivity index (χ1v) is 10.1. The molecule has 0 bridgehead atoms. The van der Waals surface area contributed by atoms with Crippen LogP contribution < -0.4 is 4.74 Å². The SMILES string of the molecule is CCOC(=O)c1c(/N=C\c2cc(Br)cc(OC)c2O)sc2c1CCCC2. The number of rotatable bonds is 5. The molecule has 0 saturated heterocycles. The maximum absolute atomic E-state index is 12.5. The molecule has 1 aliphatic carbocycles. The Balaban J connectivity index is 2.02. The molecule has 5 nitrogen and oxygen atoms in total. The number of ether oxygens (including phenoxy) is 2. The molecule has 0 aliphatic heterocycles. The highest BCUT2D eigenvalue weighted by Gasteiger charge is 2.26. The third kappa shape index (κ3) is 3.78. The van der Waals surface area contributed by atoms with Crippen LogP contribution in [0.25, 0.3) is 0 Å². The average Bonchev–Trinajstić information content (AvgIpc) is 3.00. The number of methoxy groups -OCH3 is 1. The van der Waals surface area contributed by atoms with Gasteiger partial charge in [-0.25, -0.2) is 9.79 Å². The van der Waals surface area contributed by atoms with Gasteiger partial charge in [-0.15, -0.1) is 11.3 Å². The standard InChI is InChI=1S/C19H20BrNO4S/c1-3-25-19(23)16-13-6-4-5-7-15(13)26-18(16)21-10-11-8-12(20)9-14(24-2)17(11)22/h8-10,22H,3-7H2,1-2H3/b21-10-. The van der Waals surface area contributed by atoms with Gasteiger partial charge in [0.1, 0.15) is 5.00 Å². The molecule has 3 rings (SSSR count). The molecule has 0 radical (unpaired) electrons. The highest BCUT2D eigenvalue weighted by molar-refractivity contribution is 9.10. The molecular weight excluding hydrogens is 418 g/mol. The molecule has 26 heavy (non-hydrogen) atoms. The summed E-state index contributed by atoms with van der Waals surface area (Å²) in [4.78, 5) is 18.2. The summed E-state index contributed by atoms with van der Waals surface area (Å²) in [5.74, 6) is 0.0467. The smallest absolute Gasteiger partial charge is 0.341 e. The number of phenols is 1. The van der Waals surface area contributed by atoms with Crippen molar-refractivity contribution in [1.82, 2.24) is 0 Å². The van der Waals surface area contributed by atoms with Crippen molar-refractivity contribution in [2.75, 3.05) is 13.7 Å². The Bertz CT molecular complexity index is 860. The topological polar surface area (TPSA) is 68.1 Å². The number of thiophene rings is 1. The van der Waals surface area contributed by atoms with Crippen LogP contribution in [0.2, 0.25) is 0 Å². The third-order valence-corrected chi connectivity index (χ3v) is 5.90. The molecule has 138 valence electrons. The van der Waals surface area contributed by atoms with E-state index in [0.29, 0.717) is 28.5 Å². The Morgan fingerprint density at radius 3 is 2.88 bits per heavy atom. The van der Waals surface area contributed by atoms with Crippen LogP contribution >= 0.6 is 27.3 Å². The van der Waals surface area contributed by atoms with Crippen molar-refractivity contribution in [3.8, 4) is 11.5 Å². The molecular formula is C19H20BrNO4S. The van der Waals surface area contributed by atoms with Crippen LogP contribution in [-0.2, 0) is 17.6 Å². The van der Waals surface area contributed by atoms with Crippen molar-refractivity contribution in [1.29, 1.82) is 0 Å². The van der Waals surface area contributed by atoms with Crippen molar-refractivity contribution in [3.63, 3.8) is 0 Å². The van der Waals surface area contributed by atoms with Gasteiger partial charge in [0, 0.05) is 21.1 Å². The van der Waals surface area contributed by atoms with E-state index in [-0.39, 0.29) is 11.7 Å². The molecule has 1 aliphatic rings. The number of aromatic hydroxyl groups is 1. The second-order valence-electron chi connectivity index (χ2n) is 5.92. The predicted molar refractivity (Wildman–Crippen MR) is 107 cm³/mol. The summed E-state index contributed by atoms with van der Waals surface area (Å²) in [5.41, 5.74) is 2.16. The minimum absolute atomic E-state index is 0.0125. The Hall–Kier alpha value is -1.86. The maximum Gasteiger partial charge on any atom is 0.341 e. The summed E-state index contributed by atoms with van der Waals surface area (Å²) >= 11 is 4.93. The molecule has 0 amide bonds. The molecule has 2 aromatic rings. The number of benzene rings is 1. The van der Waals surface area contributed by atoms with Crippen molar-refractivity contribution in [2.45, 2.75) is 32.6 Å². The fourth-order valence-corrected chi connectivity index (χ4v) is 4.71. The monoisotopic (exact) mass is 437 g/mol. The van der Waals surface area contributed by atoms with Gasteiger partial charge in [0.25, 0.3) is 0 Å². The van der Waals surface area contributed by atoms with Gasteiger partial charge in [-0.3, -0.25) is 0 Å². The van der Waals surface area contributed by atoms with Gasteiger partial charge in [0.2, 0.25) is 0 Å². The van der Waals surface area contributed by atoms with Gasteiger partial charge < -0.3 is 14.6 Å². The van der Waals surface area contributed by atoms with Crippen LogP contribution in [0.4, 0.5) is 5.00 Å². The van der Waals surface area contributed by atoms with Crippen LogP contribution in [0.15, 0.2) is 21.6 Å². The van der Waals surface area contributed by atoms with E-state index in [1.165, 1.54) is 23.3 Å². The predicted octanol–water partition coefficient (Wildman–Crippen LogP) is 5.03. The molecule has 1 aromatic carbocycles. The lowest BCUT2D eigenvalue weighted by Crippen LogP contribution is -2.09. The largest absolute Gasteiger partial charge is 0.504 e. The van der Waals surface area contributed by atoms with E-state index in [4.69, 9.17) is 9.47 Å². The lowest BCUT2D eigenvalue weighted by Gasteiger charge is -2.11. The Kier molecular flexibility index (Phi) is 5.98. The Morgan fingerprint density at radius 2 is 2.15 bits per heavy atom. The van der Waals surface area contributed by atoms with E-state index in [1.54, 1.807) is 25.3 Å². The summed E-state index contributed by atoms with van der Waals surface area (Å²) in [6, 6.07) is 3.43. The molecule has 1 N–H and O–H groups in total. The number of hydrogen-bond acceptors (Lipinski definition) is 6. The molecule has 0 spiro atoms. The Morgan fingerprint density at radius 1 is 1.38 bits per heavy atom. The van der Waals surface area contributed by atoms with Gasteiger partial charge in [0.05, 0.1) is 19.3 Å². The number of hydrogen-bond donors (Lipinski definition) is 1. The van der Waals surface area contributed by atoms with Gasteiger partial charge in [-0.2, -0.15) is 0 Å². The zero-order chi connectivity index (χ0) is 18.7. The summed E-state index contributed by atoms with van der Waals surface area (Å²) < 4.78 is 11.2. The number of aliphatic imine (C=N–C) groups is 1. The van der Waals surface area contributed by atoms with Crippen LogP contribution in [0.5, 0.6) is 11.5 Å². The molecule has 0 fully saturated rings. The molecule has 7 heteroatoms. The minimum Gasteiger partial charge on any atom is -0.504 e. The molecule has 0 atom stereocenters. The van der Waals surface area contributed by atoms with Gasteiger partial charge >= 0.3 is 5.97 Å². The maximum atomic E-state index is 12.5. The molecule has 1 heterocycles. The second-order valence-corrected chi connectivity index (χ2v) is 7.91. The van der Waals surface area contributed by atoms with Crippen molar-refractivity contribution < 1.29 is 19.4 Å². The first-order chi connectivity index (χ1) is 12.5. The van der Waals surface area contributed by atoms with Gasteiger partial charge in [-0.1, -0.05) is 15.9 Å². The number of phenolic OH excluding ortho intramolecular Hbond substituents is 1. The van der Waals surface area contributed by atoms with Crippen LogP contribution in [0.1, 0.15) is 46.1 Å². The highest BCUT2D eigenvalue weighted by atomic mass is 79.9. The number of esters is 1. The average molecular weight is 438 g/mol. The first-order valence-electron chi connectivity index (χ1n) is 8.47. The highest BCUT2D eigenvalue weighted by Crippen LogP contribution is 2.41. The summed E-state index contributed by atoms with van der Waals surface area (Å²) in [5, 5.41) is 10.9. The lowest BCUT2D eigenvalue weighted by molar-refractivity contribution is 0.0526. The zero-order valence-corrected chi connectivity index (χ0v) is 17.1. The number of carbonyl (C=O) groups is 1. The van der Waals surface area contributed by atoms with Crippen LogP contribution in [0, 0.1) is 0 Å². The molecule has 0 saturated carbocycles. The number of fused-ring (bicyclic) bond motifs is 1. The Labute approximate surface area is 164 Å². The molecule has 1 aromatic heterocycles. The summed E-state index contributed by atoms with van der Waals surface area (Å²) in [6.07, 6.45) is 5.61. The summed E-state index contributed by atoms with van der Waals surface area (Å²) in [6.45, 7) is 2.13. The minimum atomic E-state index is -0.324. The van der Waals surface area contributed by atoms with Crippen molar-refractivity contribution in [2.24, 2.45) is 4.99 Å². The van der Waals surface area contributed by atoms with E-state index < -0.39 is 0 Å². The fraction of sp³-hybridized carbons (Fsp3) is 0.368. The zero-order valence-electron chi connectivity index (χ0n) is 14.7. The number of aryl methyl sites for hydroxylation is 1. The van der Waals surface area contributed by atoms with E-state index >= 15 is 0 Å². The van der Waals surface area contributed by atoms with E-state index in [9.17, 15) is 9.90 Å². The van der Waals surface area contributed by atoms with E-state index in [0.717, 1.165) is 35.7 Å².